The van der Waals surface area contributed by atoms with Gasteiger partial charge in [0.15, 0.2) is 0 Å². The molecule has 0 N–H and O–H groups in total. The summed E-state index contributed by atoms with van der Waals surface area (Å²) in [7, 11) is 4.08. The lowest BCUT2D eigenvalue weighted by Crippen LogP contribution is -2.38. The van der Waals surface area contributed by atoms with Crippen molar-refractivity contribution >= 4 is 5.91 Å². The molecule has 2 saturated carbocycles. The van der Waals surface area contributed by atoms with E-state index < -0.39 is 0 Å². The topological polar surface area (TPSA) is 76.6 Å². The first-order valence-corrected chi connectivity index (χ1v) is 11.1. The van der Waals surface area contributed by atoms with Gasteiger partial charge in [0.25, 0.3) is 5.91 Å². The zero-order valence-corrected chi connectivity index (χ0v) is 17.8. The van der Waals surface area contributed by atoms with Crippen molar-refractivity contribution in [2.75, 3.05) is 33.8 Å². The fraction of sp³-hybridized carbons (Fsp3) is 0.682. The maximum Gasteiger partial charge on any atom is 0.257 e. The number of aromatic nitrogens is 3. The van der Waals surface area contributed by atoms with Crippen LogP contribution in [0.4, 0.5) is 0 Å². The highest BCUT2D eigenvalue weighted by Gasteiger charge is 2.45. The molecule has 3 aliphatic rings. The molecule has 5 rings (SSSR count). The molecule has 2 aromatic rings. The Labute approximate surface area is 177 Å². The standard InChI is InChI=1S/C22H31N5O3/c1-25(2)11-19-12-27(24-23-19)20-7-17-9-26(22(28)16-5-6-29-14-16)10-18(17)8-21(20)30-13-15-3-4-15/h5-6,12,14-15,17-18,20-21H,3-4,7-11,13H2,1-2H3/t17-,18+,20-,21-/m1/s1. The number of likely N-dealkylation sites (tertiary alicyclic amines) is 1. The fourth-order valence-electron chi connectivity index (χ4n) is 5.00. The minimum Gasteiger partial charge on any atom is -0.472 e. The first-order chi connectivity index (χ1) is 14.6. The molecule has 162 valence electrons. The third kappa shape index (κ3) is 4.16. The van der Waals surface area contributed by atoms with Crippen LogP contribution in [0.3, 0.4) is 0 Å². The lowest BCUT2D eigenvalue weighted by Gasteiger charge is -2.37. The molecular formula is C22H31N5O3. The van der Waals surface area contributed by atoms with Crippen LogP contribution < -0.4 is 0 Å². The first-order valence-electron chi connectivity index (χ1n) is 11.1. The zero-order chi connectivity index (χ0) is 20.7. The van der Waals surface area contributed by atoms with Crippen molar-refractivity contribution in [2.24, 2.45) is 17.8 Å². The third-order valence-corrected chi connectivity index (χ3v) is 6.76. The molecule has 1 aliphatic heterocycles. The van der Waals surface area contributed by atoms with Crippen LogP contribution in [0.2, 0.25) is 0 Å². The van der Waals surface area contributed by atoms with Gasteiger partial charge in [0.05, 0.1) is 35.9 Å². The van der Waals surface area contributed by atoms with E-state index in [1.165, 1.54) is 19.1 Å². The summed E-state index contributed by atoms with van der Waals surface area (Å²) in [6.45, 7) is 3.21. The Hall–Kier alpha value is -2.19. The van der Waals surface area contributed by atoms with Crippen molar-refractivity contribution in [3.63, 3.8) is 0 Å². The van der Waals surface area contributed by atoms with Gasteiger partial charge in [-0.25, -0.2) is 4.68 Å². The summed E-state index contributed by atoms with van der Waals surface area (Å²) < 4.78 is 13.6. The number of nitrogens with zero attached hydrogens (tertiary/aromatic N) is 5. The first kappa shape index (κ1) is 19.8. The summed E-state index contributed by atoms with van der Waals surface area (Å²) in [5.41, 5.74) is 1.61. The number of carbonyl (C=O) groups excluding carboxylic acids is 1. The Morgan fingerprint density at radius 1 is 1.27 bits per heavy atom. The van der Waals surface area contributed by atoms with Crippen LogP contribution in [0.25, 0.3) is 0 Å². The van der Waals surface area contributed by atoms with E-state index in [2.05, 4.69) is 21.4 Å². The molecule has 0 radical (unpaired) electrons. The third-order valence-electron chi connectivity index (χ3n) is 6.76. The SMILES string of the molecule is CN(C)Cc1cn([C@@H]2C[C@@H]3CN(C(=O)c4ccoc4)C[C@@H]3C[C@H]2OCC2CC2)nn1. The molecule has 30 heavy (non-hydrogen) atoms. The summed E-state index contributed by atoms with van der Waals surface area (Å²) in [6.07, 6.45) is 9.81. The maximum atomic E-state index is 12.8. The Bertz CT molecular complexity index is 860. The van der Waals surface area contributed by atoms with Crippen molar-refractivity contribution in [2.45, 2.75) is 44.4 Å². The van der Waals surface area contributed by atoms with Gasteiger partial charge in [0, 0.05) is 26.2 Å². The van der Waals surface area contributed by atoms with E-state index in [1.54, 1.807) is 12.3 Å². The normalized spacial score (nSPS) is 28.8. The fourth-order valence-corrected chi connectivity index (χ4v) is 5.00. The van der Waals surface area contributed by atoms with Gasteiger partial charge in [-0.15, -0.1) is 5.10 Å². The Balaban J connectivity index is 1.31. The molecule has 0 aromatic carbocycles. The van der Waals surface area contributed by atoms with Gasteiger partial charge in [-0.1, -0.05) is 5.21 Å². The molecule has 0 bridgehead atoms. The van der Waals surface area contributed by atoms with Crippen molar-refractivity contribution in [3.8, 4) is 0 Å². The van der Waals surface area contributed by atoms with E-state index >= 15 is 0 Å². The summed E-state index contributed by atoms with van der Waals surface area (Å²) in [6, 6.07) is 1.92. The monoisotopic (exact) mass is 413 g/mol. The highest BCUT2D eigenvalue weighted by atomic mass is 16.5. The lowest BCUT2D eigenvalue weighted by molar-refractivity contribution is -0.0375. The molecule has 0 unspecified atom stereocenters. The number of furan rings is 1. The van der Waals surface area contributed by atoms with Crippen molar-refractivity contribution in [1.29, 1.82) is 0 Å². The number of fused-ring (bicyclic) bond motifs is 1. The lowest BCUT2D eigenvalue weighted by atomic mass is 9.77. The molecule has 8 nitrogen and oxygen atoms in total. The number of carbonyl (C=O) groups is 1. The van der Waals surface area contributed by atoms with Crippen LogP contribution in [0, 0.1) is 17.8 Å². The van der Waals surface area contributed by atoms with Gasteiger partial charge in [0.1, 0.15) is 6.26 Å². The second kappa shape index (κ2) is 8.15. The van der Waals surface area contributed by atoms with Gasteiger partial charge in [-0.2, -0.15) is 0 Å². The molecule has 8 heteroatoms. The predicted molar refractivity (Wildman–Crippen MR) is 110 cm³/mol. The van der Waals surface area contributed by atoms with Gasteiger partial charge in [-0.3, -0.25) is 4.79 Å². The van der Waals surface area contributed by atoms with Crippen LogP contribution in [0.15, 0.2) is 29.2 Å². The van der Waals surface area contributed by atoms with Crippen molar-refractivity contribution in [3.05, 3.63) is 36.0 Å². The number of rotatable bonds is 7. The Morgan fingerprint density at radius 2 is 2.07 bits per heavy atom. The minimum atomic E-state index is 0.0687. The molecule has 2 aromatic heterocycles. The summed E-state index contributed by atoms with van der Waals surface area (Å²) >= 11 is 0. The number of ether oxygens (including phenoxy) is 1. The average Bonchev–Trinajstić information content (AvgIpc) is 3.13. The maximum absolute atomic E-state index is 12.8. The second-order valence-corrected chi connectivity index (χ2v) is 9.52. The molecule has 3 fully saturated rings. The molecule has 2 aliphatic carbocycles. The predicted octanol–water partition coefficient (Wildman–Crippen LogP) is 2.45. The van der Waals surface area contributed by atoms with Gasteiger partial charge in [-0.05, 0) is 63.6 Å². The van der Waals surface area contributed by atoms with Crippen LogP contribution in [-0.2, 0) is 11.3 Å². The smallest absolute Gasteiger partial charge is 0.257 e. The van der Waals surface area contributed by atoms with Crippen molar-refractivity contribution < 1.29 is 13.9 Å². The van der Waals surface area contributed by atoms with Crippen molar-refractivity contribution in [1.82, 2.24) is 24.8 Å². The number of hydrogen-bond acceptors (Lipinski definition) is 6. The van der Waals surface area contributed by atoms with E-state index in [0.29, 0.717) is 17.4 Å². The summed E-state index contributed by atoms with van der Waals surface area (Å²) in [5, 5.41) is 8.84. The van der Waals surface area contributed by atoms with Crippen LogP contribution in [-0.4, -0.2) is 70.6 Å². The molecule has 3 heterocycles. The van der Waals surface area contributed by atoms with E-state index in [-0.39, 0.29) is 18.1 Å². The van der Waals surface area contributed by atoms with Crippen LogP contribution in [0.1, 0.15) is 47.8 Å². The minimum absolute atomic E-state index is 0.0687. The van der Waals surface area contributed by atoms with E-state index in [1.807, 2.05) is 23.7 Å². The average molecular weight is 414 g/mol. The molecular weight excluding hydrogens is 382 g/mol. The molecule has 1 saturated heterocycles. The quantitative estimate of drug-likeness (QED) is 0.694. The van der Waals surface area contributed by atoms with Gasteiger partial charge >= 0.3 is 0 Å². The largest absolute Gasteiger partial charge is 0.472 e. The zero-order valence-electron chi connectivity index (χ0n) is 17.8. The van der Waals surface area contributed by atoms with Crippen LogP contribution >= 0.6 is 0 Å². The highest BCUT2D eigenvalue weighted by molar-refractivity contribution is 5.94. The Kier molecular flexibility index (Phi) is 5.37. The molecule has 0 spiro atoms. The Morgan fingerprint density at radius 3 is 2.77 bits per heavy atom. The molecule has 4 atom stereocenters. The number of amides is 1. The van der Waals surface area contributed by atoms with E-state index in [9.17, 15) is 4.79 Å². The van der Waals surface area contributed by atoms with Gasteiger partial charge in [0.2, 0.25) is 0 Å². The summed E-state index contributed by atoms with van der Waals surface area (Å²) in [5.74, 6) is 1.74. The van der Waals surface area contributed by atoms with E-state index in [4.69, 9.17) is 9.15 Å². The molecule has 1 amide bonds. The highest BCUT2D eigenvalue weighted by Crippen LogP contribution is 2.43. The van der Waals surface area contributed by atoms with Crippen LogP contribution in [0.5, 0.6) is 0 Å². The second-order valence-electron chi connectivity index (χ2n) is 9.52. The summed E-state index contributed by atoms with van der Waals surface area (Å²) in [4.78, 5) is 16.9. The van der Waals surface area contributed by atoms with E-state index in [0.717, 1.165) is 50.7 Å². The number of hydrogen-bond donors (Lipinski definition) is 0. The van der Waals surface area contributed by atoms with Gasteiger partial charge < -0.3 is 19.0 Å².